The lowest BCUT2D eigenvalue weighted by molar-refractivity contribution is -0.141. The third-order valence-corrected chi connectivity index (χ3v) is 6.17. The number of hydrogen-bond acceptors (Lipinski definition) is 5. The van der Waals surface area contributed by atoms with Gasteiger partial charge in [0.15, 0.2) is 0 Å². The second-order valence-corrected chi connectivity index (χ2v) is 8.02. The van der Waals surface area contributed by atoms with Crippen molar-refractivity contribution in [2.75, 3.05) is 18.0 Å². The summed E-state index contributed by atoms with van der Waals surface area (Å²) in [5, 5.41) is 12.7. The van der Waals surface area contributed by atoms with Crippen molar-refractivity contribution in [1.82, 2.24) is 9.97 Å². The van der Waals surface area contributed by atoms with Gasteiger partial charge in [0.05, 0.1) is 11.3 Å². The fourth-order valence-electron chi connectivity index (χ4n) is 3.63. The van der Waals surface area contributed by atoms with Gasteiger partial charge in [-0.3, -0.25) is 4.79 Å². The van der Waals surface area contributed by atoms with Gasteiger partial charge in [-0.25, -0.2) is 4.98 Å². The largest absolute Gasteiger partial charge is 0.481 e. The molecule has 1 aliphatic heterocycles. The maximum atomic E-state index is 11.5. The standard InChI is InChI=1S/C20H20ClN3O2S/c1-2-12-5-7-13(8-6-12)15-11-27-18-16(15)17(22-20(21)23-18)24-9-3-4-14(10-24)19(25)26/h5-8,11,14H,2-4,9-10H2,1H3,(H,25,26). The van der Waals surface area contributed by atoms with Gasteiger partial charge in [0.1, 0.15) is 10.6 Å². The van der Waals surface area contributed by atoms with Crippen LogP contribution in [0.1, 0.15) is 25.3 Å². The molecule has 3 heterocycles. The van der Waals surface area contributed by atoms with E-state index in [2.05, 4.69) is 51.4 Å². The zero-order chi connectivity index (χ0) is 19.0. The van der Waals surface area contributed by atoms with Gasteiger partial charge in [-0.1, -0.05) is 31.2 Å². The van der Waals surface area contributed by atoms with E-state index in [0.717, 1.165) is 46.5 Å². The summed E-state index contributed by atoms with van der Waals surface area (Å²) in [6, 6.07) is 8.51. The molecule has 1 atom stereocenters. The minimum Gasteiger partial charge on any atom is -0.481 e. The number of aromatic nitrogens is 2. The summed E-state index contributed by atoms with van der Waals surface area (Å²) in [4.78, 5) is 23.3. The van der Waals surface area contributed by atoms with Crippen molar-refractivity contribution >= 4 is 44.9 Å². The molecule has 1 saturated heterocycles. The van der Waals surface area contributed by atoms with Gasteiger partial charge in [0.2, 0.25) is 5.28 Å². The number of carboxylic acids is 1. The molecule has 1 aromatic carbocycles. The van der Waals surface area contributed by atoms with Gasteiger partial charge in [0, 0.05) is 24.0 Å². The molecule has 0 radical (unpaired) electrons. The Morgan fingerprint density at radius 2 is 2.11 bits per heavy atom. The first-order valence-corrected chi connectivity index (χ1v) is 10.3. The second-order valence-electron chi connectivity index (χ2n) is 6.82. The van der Waals surface area contributed by atoms with Crippen molar-refractivity contribution in [3.63, 3.8) is 0 Å². The molecule has 140 valence electrons. The molecule has 0 bridgehead atoms. The molecule has 1 fully saturated rings. The normalized spacial score (nSPS) is 17.4. The van der Waals surface area contributed by atoms with Crippen LogP contribution in [-0.2, 0) is 11.2 Å². The Labute approximate surface area is 166 Å². The fraction of sp³-hybridized carbons (Fsp3) is 0.350. The van der Waals surface area contributed by atoms with Crippen molar-refractivity contribution in [1.29, 1.82) is 0 Å². The highest BCUT2D eigenvalue weighted by Crippen LogP contribution is 2.40. The fourth-order valence-corrected chi connectivity index (χ4v) is 4.79. The maximum absolute atomic E-state index is 11.5. The summed E-state index contributed by atoms with van der Waals surface area (Å²) in [7, 11) is 0. The maximum Gasteiger partial charge on any atom is 0.308 e. The van der Waals surface area contributed by atoms with E-state index in [1.54, 1.807) is 0 Å². The predicted molar refractivity (Wildman–Crippen MR) is 110 cm³/mol. The second kappa shape index (κ2) is 7.44. The van der Waals surface area contributed by atoms with Crippen LogP contribution in [0, 0.1) is 5.92 Å². The first-order valence-electron chi connectivity index (χ1n) is 9.08. The van der Waals surface area contributed by atoms with E-state index in [9.17, 15) is 9.90 Å². The van der Waals surface area contributed by atoms with Crippen LogP contribution in [0.15, 0.2) is 29.6 Å². The molecule has 1 unspecified atom stereocenters. The number of fused-ring (bicyclic) bond motifs is 1. The average Bonchev–Trinajstić information content (AvgIpc) is 3.11. The van der Waals surface area contributed by atoms with Crippen molar-refractivity contribution in [2.24, 2.45) is 5.92 Å². The van der Waals surface area contributed by atoms with Gasteiger partial charge in [0.25, 0.3) is 0 Å². The van der Waals surface area contributed by atoms with Crippen molar-refractivity contribution in [3.8, 4) is 11.1 Å². The number of benzene rings is 1. The van der Waals surface area contributed by atoms with E-state index in [1.807, 2.05) is 0 Å². The molecule has 3 aromatic rings. The van der Waals surface area contributed by atoms with Crippen LogP contribution < -0.4 is 4.90 Å². The third kappa shape index (κ3) is 3.51. The van der Waals surface area contributed by atoms with Crippen LogP contribution >= 0.6 is 22.9 Å². The summed E-state index contributed by atoms with van der Waals surface area (Å²) in [6.07, 6.45) is 2.52. The van der Waals surface area contributed by atoms with Crippen molar-refractivity contribution < 1.29 is 9.90 Å². The average molecular weight is 402 g/mol. The molecule has 0 saturated carbocycles. The van der Waals surface area contributed by atoms with Crippen molar-refractivity contribution in [2.45, 2.75) is 26.2 Å². The highest BCUT2D eigenvalue weighted by atomic mass is 35.5. The third-order valence-electron chi connectivity index (χ3n) is 5.13. The first-order chi connectivity index (χ1) is 13.1. The lowest BCUT2D eigenvalue weighted by Gasteiger charge is -2.32. The van der Waals surface area contributed by atoms with E-state index in [4.69, 9.17) is 11.6 Å². The van der Waals surface area contributed by atoms with E-state index >= 15 is 0 Å². The number of aryl methyl sites for hydroxylation is 1. The summed E-state index contributed by atoms with van der Waals surface area (Å²) < 4.78 is 0. The number of hydrogen-bond donors (Lipinski definition) is 1. The molecule has 4 rings (SSSR count). The van der Waals surface area contributed by atoms with Crippen LogP contribution in [0.25, 0.3) is 21.3 Å². The molecular formula is C20H20ClN3O2S. The predicted octanol–water partition coefficient (Wildman–Crippen LogP) is 4.88. The Bertz CT molecular complexity index is 987. The summed E-state index contributed by atoms with van der Waals surface area (Å²) in [5.74, 6) is -0.392. The molecule has 0 amide bonds. The molecule has 1 aliphatic rings. The monoisotopic (exact) mass is 401 g/mol. The number of rotatable bonds is 4. The van der Waals surface area contributed by atoms with Crippen LogP contribution in [-0.4, -0.2) is 34.1 Å². The first kappa shape index (κ1) is 18.2. The van der Waals surface area contributed by atoms with Crippen LogP contribution in [0.4, 0.5) is 5.82 Å². The molecule has 27 heavy (non-hydrogen) atoms. The minimum absolute atomic E-state index is 0.199. The Balaban J connectivity index is 1.82. The summed E-state index contributed by atoms with van der Waals surface area (Å²) >= 11 is 7.72. The molecule has 0 aliphatic carbocycles. The van der Waals surface area contributed by atoms with Crippen LogP contribution in [0.2, 0.25) is 5.28 Å². The Hall–Kier alpha value is -2.18. The lowest BCUT2D eigenvalue weighted by Crippen LogP contribution is -2.39. The Morgan fingerprint density at radius 3 is 2.81 bits per heavy atom. The van der Waals surface area contributed by atoms with Crippen LogP contribution in [0.5, 0.6) is 0 Å². The van der Waals surface area contributed by atoms with Gasteiger partial charge in [-0.15, -0.1) is 11.3 Å². The van der Waals surface area contributed by atoms with Gasteiger partial charge < -0.3 is 10.0 Å². The molecule has 5 nitrogen and oxygen atoms in total. The van der Waals surface area contributed by atoms with Crippen molar-refractivity contribution in [3.05, 3.63) is 40.5 Å². The molecule has 0 spiro atoms. The number of piperidine rings is 1. The zero-order valence-electron chi connectivity index (χ0n) is 15.0. The number of halogens is 1. The van der Waals surface area contributed by atoms with E-state index in [1.165, 1.54) is 16.9 Å². The summed E-state index contributed by atoms with van der Waals surface area (Å²) in [6.45, 7) is 3.36. The highest BCUT2D eigenvalue weighted by Gasteiger charge is 2.28. The number of anilines is 1. The van der Waals surface area contributed by atoms with Gasteiger partial charge >= 0.3 is 5.97 Å². The van der Waals surface area contributed by atoms with Crippen LogP contribution in [0.3, 0.4) is 0 Å². The van der Waals surface area contributed by atoms with E-state index < -0.39 is 5.97 Å². The molecular weight excluding hydrogens is 382 g/mol. The highest BCUT2D eigenvalue weighted by molar-refractivity contribution is 7.17. The summed E-state index contributed by atoms with van der Waals surface area (Å²) in [5.41, 5.74) is 3.47. The van der Waals surface area contributed by atoms with E-state index in [-0.39, 0.29) is 11.2 Å². The number of carbonyl (C=O) groups is 1. The van der Waals surface area contributed by atoms with E-state index in [0.29, 0.717) is 13.0 Å². The zero-order valence-corrected chi connectivity index (χ0v) is 16.6. The molecule has 7 heteroatoms. The molecule has 1 N–H and O–H groups in total. The molecule has 2 aromatic heterocycles. The number of thiophene rings is 1. The Kier molecular flexibility index (Phi) is 5.02. The smallest absolute Gasteiger partial charge is 0.308 e. The number of carboxylic acid groups (broad SMARTS) is 1. The number of nitrogens with zero attached hydrogens (tertiary/aromatic N) is 3. The SMILES string of the molecule is CCc1ccc(-c2csc3nc(Cl)nc(N4CCCC(C(=O)O)C4)c23)cc1. The Morgan fingerprint density at radius 1 is 1.33 bits per heavy atom. The lowest BCUT2D eigenvalue weighted by atomic mass is 9.97. The van der Waals surface area contributed by atoms with Gasteiger partial charge in [-0.05, 0) is 42.0 Å². The quantitative estimate of drug-likeness (QED) is 0.631. The topological polar surface area (TPSA) is 66.3 Å². The minimum atomic E-state index is -0.753. The van der Waals surface area contributed by atoms with Gasteiger partial charge in [-0.2, -0.15) is 4.98 Å². The number of aliphatic carboxylic acids is 1.